The third-order valence-electron chi connectivity index (χ3n) is 3.88. The topological polar surface area (TPSA) is 111 Å². The number of carbonyl (C=O) groups excluding carboxylic acids is 1. The maximum Gasteiger partial charge on any atom is 0.270 e. The van der Waals surface area contributed by atoms with Gasteiger partial charge in [0.1, 0.15) is 0 Å². The number of hydrogen-bond donors (Lipinski definition) is 1. The van der Waals surface area contributed by atoms with Gasteiger partial charge < -0.3 is 9.84 Å². The van der Waals surface area contributed by atoms with Crippen molar-refractivity contribution in [3.63, 3.8) is 0 Å². The molecule has 1 amide bonds. The number of thiophene rings is 1. The minimum Gasteiger partial charge on any atom is -0.352 e. The highest BCUT2D eigenvalue weighted by molar-refractivity contribution is 7.13. The first-order valence-electron chi connectivity index (χ1n) is 8.52. The molecule has 8 nitrogen and oxygen atoms in total. The second-order valence-electron chi connectivity index (χ2n) is 5.86. The number of benzene rings is 1. The Labute approximate surface area is 159 Å². The number of nitro groups is 1. The Kier molecular flexibility index (Phi) is 6.26. The van der Waals surface area contributed by atoms with Gasteiger partial charge >= 0.3 is 0 Å². The van der Waals surface area contributed by atoms with Crippen molar-refractivity contribution in [1.29, 1.82) is 0 Å². The van der Waals surface area contributed by atoms with Crippen molar-refractivity contribution in [2.75, 3.05) is 6.54 Å². The quantitative estimate of drug-likeness (QED) is 0.340. The number of non-ortho nitro benzene ring substituents is 1. The minimum absolute atomic E-state index is 0.0934. The average Bonchev–Trinajstić information content (AvgIpc) is 3.36. The molecule has 0 saturated heterocycles. The second kappa shape index (κ2) is 9.04. The van der Waals surface area contributed by atoms with Gasteiger partial charge in [-0.3, -0.25) is 14.9 Å². The Morgan fingerprint density at radius 1 is 1.22 bits per heavy atom. The summed E-state index contributed by atoms with van der Waals surface area (Å²) in [4.78, 5) is 27.6. The molecule has 2 heterocycles. The number of carbonyl (C=O) groups is 1. The van der Waals surface area contributed by atoms with Crippen LogP contribution >= 0.6 is 11.3 Å². The van der Waals surface area contributed by atoms with E-state index in [-0.39, 0.29) is 17.2 Å². The SMILES string of the molecule is O=C(NCCCCCc1nc(-c2cccs2)no1)c1cccc([N+](=O)[O-])c1. The van der Waals surface area contributed by atoms with Crippen LogP contribution in [0, 0.1) is 10.1 Å². The van der Waals surface area contributed by atoms with Crippen molar-refractivity contribution in [2.24, 2.45) is 0 Å². The fourth-order valence-corrected chi connectivity index (χ4v) is 3.15. The highest BCUT2D eigenvalue weighted by Crippen LogP contribution is 2.21. The van der Waals surface area contributed by atoms with Gasteiger partial charge in [-0.1, -0.05) is 23.7 Å². The minimum atomic E-state index is -0.516. The third kappa shape index (κ3) is 5.20. The van der Waals surface area contributed by atoms with E-state index in [2.05, 4.69) is 15.5 Å². The monoisotopic (exact) mass is 386 g/mol. The number of nitrogens with zero attached hydrogens (tertiary/aromatic N) is 3. The van der Waals surface area contributed by atoms with E-state index in [4.69, 9.17) is 4.52 Å². The molecule has 0 saturated carbocycles. The van der Waals surface area contributed by atoms with Crippen molar-refractivity contribution in [1.82, 2.24) is 15.5 Å². The first-order valence-corrected chi connectivity index (χ1v) is 9.40. The molecule has 0 aliphatic heterocycles. The number of hydrogen-bond acceptors (Lipinski definition) is 7. The van der Waals surface area contributed by atoms with Crippen molar-refractivity contribution in [2.45, 2.75) is 25.7 Å². The summed E-state index contributed by atoms with van der Waals surface area (Å²) in [6.07, 6.45) is 3.26. The number of rotatable bonds is 9. The van der Waals surface area contributed by atoms with Crippen LogP contribution in [-0.2, 0) is 6.42 Å². The molecule has 0 aliphatic carbocycles. The van der Waals surface area contributed by atoms with Crippen LogP contribution in [0.15, 0.2) is 46.3 Å². The molecule has 9 heteroatoms. The Hall–Kier alpha value is -3.07. The number of nitrogens with one attached hydrogen (secondary N) is 1. The maximum atomic E-state index is 12.0. The zero-order valence-electron chi connectivity index (χ0n) is 14.5. The lowest BCUT2D eigenvalue weighted by atomic mass is 10.1. The number of unbranched alkanes of at least 4 members (excludes halogenated alkanes) is 2. The second-order valence-corrected chi connectivity index (χ2v) is 6.81. The van der Waals surface area contributed by atoms with Crippen LogP contribution in [-0.4, -0.2) is 27.5 Å². The van der Waals surface area contributed by atoms with Crippen LogP contribution in [0.2, 0.25) is 0 Å². The van der Waals surface area contributed by atoms with Crippen LogP contribution in [0.25, 0.3) is 10.7 Å². The molecule has 1 aromatic carbocycles. The fraction of sp³-hybridized carbons (Fsp3) is 0.278. The molecule has 0 spiro atoms. The van der Waals surface area contributed by atoms with Gasteiger partial charge in [0.2, 0.25) is 11.7 Å². The summed E-state index contributed by atoms with van der Waals surface area (Å²) in [6, 6.07) is 9.58. The van der Waals surface area contributed by atoms with Gasteiger partial charge in [0.05, 0.1) is 9.80 Å². The Morgan fingerprint density at radius 2 is 2.11 bits per heavy atom. The van der Waals surface area contributed by atoms with Crippen LogP contribution in [0.4, 0.5) is 5.69 Å². The largest absolute Gasteiger partial charge is 0.352 e. The molecule has 0 atom stereocenters. The van der Waals surface area contributed by atoms with Crippen molar-refractivity contribution in [3.05, 3.63) is 63.3 Å². The van der Waals surface area contributed by atoms with Crippen LogP contribution in [0.1, 0.15) is 35.5 Å². The van der Waals surface area contributed by atoms with E-state index < -0.39 is 4.92 Å². The maximum absolute atomic E-state index is 12.0. The van der Waals surface area contributed by atoms with Gasteiger partial charge in [-0.2, -0.15) is 4.98 Å². The molecule has 3 rings (SSSR count). The highest BCUT2D eigenvalue weighted by atomic mass is 32.1. The van der Waals surface area contributed by atoms with E-state index in [0.717, 1.165) is 24.1 Å². The molecule has 0 bridgehead atoms. The van der Waals surface area contributed by atoms with Gasteiger partial charge in [-0.05, 0) is 30.4 Å². The van der Waals surface area contributed by atoms with E-state index in [0.29, 0.717) is 24.7 Å². The smallest absolute Gasteiger partial charge is 0.270 e. The molecule has 2 aromatic heterocycles. The molecule has 140 valence electrons. The molecule has 0 radical (unpaired) electrons. The molecule has 1 N–H and O–H groups in total. The summed E-state index contributed by atoms with van der Waals surface area (Å²) >= 11 is 1.57. The van der Waals surface area contributed by atoms with E-state index in [1.807, 2.05) is 17.5 Å². The fourth-order valence-electron chi connectivity index (χ4n) is 2.50. The van der Waals surface area contributed by atoms with Crippen LogP contribution in [0.5, 0.6) is 0 Å². The number of aromatic nitrogens is 2. The first kappa shape index (κ1) is 18.7. The predicted octanol–water partition coefficient (Wildman–Crippen LogP) is 3.85. The molecular formula is C18H18N4O4S. The van der Waals surface area contributed by atoms with E-state index in [1.54, 1.807) is 17.4 Å². The number of nitro benzene ring substituents is 1. The van der Waals surface area contributed by atoms with Crippen molar-refractivity contribution >= 4 is 22.9 Å². The third-order valence-corrected chi connectivity index (χ3v) is 4.75. The van der Waals surface area contributed by atoms with Crippen molar-refractivity contribution < 1.29 is 14.2 Å². The summed E-state index contributed by atoms with van der Waals surface area (Å²) in [5, 5.41) is 19.5. The van der Waals surface area contributed by atoms with E-state index in [9.17, 15) is 14.9 Å². The summed E-state index contributed by atoms with van der Waals surface area (Å²) in [5.41, 5.74) is 0.195. The normalized spacial score (nSPS) is 10.7. The van der Waals surface area contributed by atoms with Gasteiger partial charge in [0, 0.05) is 30.7 Å². The van der Waals surface area contributed by atoms with Crippen molar-refractivity contribution in [3.8, 4) is 10.7 Å². The van der Waals surface area contributed by atoms with E-state index >= 15 is 0 Å². The summed E-state index contributed by atoms with van der Waals surface area (Å²) < 4.78 is 5.24. The lowest BCUT2D eigenvalue weighted by molar-refractivity contribution is -0.384. The summed E-state index contributed by atoms with van der Waals surface area (Å²) in [6.45, 7) is 0.506. The average molecular weight is 386 g/mol. The van der Waals surface area contributed by atoms with Crippen LogP contribution < -0.4 is 5.32 Å². The molecular weight excluding hydrogens is 368 g/mol. The highest BCUT2D eigenvalue weighted by Gasteiger charge is 2.11. The number of aryl methyl sites for hydroxylation is 1. The Bertz CT molecular complexity index is 908. The summed E-state index contributed by atoms with van der Waals surface area (Å²) in [5.74, 6) is 0.916. The van der Waals surface area contributed by atoms with Gasteiger partial charge in [-0.25, -0.2) is 0 Å². The zero-order chi connectivity index (χ0) is 19.1. The van der Waals surface area contributed by atoms with Gasteiger partial charge in [0.25, 0.3) is 11.6 Å². The Morgan fingerprint density at radius 3 is 2.89 bits per heavy atom. The summed E-state index contributed by atoms with van der Waals surface area (Å²) in [7, 11) is 0. The molecule has 0 fully saturated rings. The number of amides is 1. The van der Waals surface area contributed by atoms with Gasteiger partial charge in [-0.15, -0.1) is 11.3 Å². The lowest BCUT2D eigenvalue weighted by Gasteiger charge is -2.04. The lowest BCUT2D eigenvalue weighted by Crippen LogP contribution is -2.24. The van der Waals surface area contributed by atoms with Gasteiger partial charge in [0.15, 0.2) is 0 Å². The molecule has 0 aliphatic rings. The Balaban J connectivity index is 1.35. The first-order chi connectivity index (χ1) is 13.1. The zero-order valence-corrected chi connectivity index (χ0v) is 15.3. The predicted molar refractivity (Wildman–Crippen MR) is 101 cm³/mol. The van der Waals surface area contributed by atoms with E-state index in [1.165, 1.54) is 18.2 Å². The molecule has 3 aromatic rings. The standard InChI is InChI=1S/C18H18N4O4S/c23-18(13-6-4-7-14(12-13)22(24)25)19-10-3-1-2-9-16-20-17(21-26-16)15-8-5-11-27-15/h4-8,11-12H,1-3,9-10H2,(H,19,23). The molecule has 0 unspecified atom stereocenters. The molecule has 27 heavy (non-hydrogen) atoms. The van der Waals surface area contributed by atoms with Crippen LogP contribution in [0.3, 0.4) is 0 Å².